The quantitative estimate of drug-likeness (QED) is 0.615. The van der Waals surface area contributed by atoms with Gasteiger partial charge in [-0.1, -0.05) is 0 Å². The minimum atomic E-state index is 0.478. The van der Waals surface area contributed by atoms with Gasteiger partial charge >= 0.3 is 0 Å². The molecule has 4 heteroatoms. The van der Waals surface area contributed by atoms with Crippen molar-refractivity contribution in [3.63, 3.8) is 0 Å². The number of nitriles is 1. The molecule has 0 radical (unpaired) electrons. The number of nitrogens with zero attached hydrogens (tertiary/aromatic N) is 3. The smallest absolute Gasteiger partial charge is 0.0843 e. The maximum Gasteiger partial charge on any atom is 0.0843 e. The van der Waals surface area contributed by atoms with Gasteiger partial charge in [0.2, 0.25) is 0 Å². The minimum absolute atomic E-state index is 0.478. The molecule has 1 fully saturated rings. The fraction of sp³-hybridized carbons (Fsp3) is 0.900. The van der Waals surface area contributed by atoms with Crippen molar-refractivity contribution in [2.45, 2.75) is 12.5 Å². The Balaban J connectivity index is 2.11. The SMILES string of the molecule is CN(C)CCN1CCC(NCC#N)C1. The van der Waals surface area contributed by atoms with Gasteiger partial charge in [0.05, 0.1) is 12.6 Å². The largest absolute Gasteiger partial charge is 0.308 e. The van der Waals surface area contributed by atoms with Crippen molar-refractivity contribution in [1.82, 2.24) is 15.1 Å². The lowest BCUT2D eigenvalue weighted by molar-refractivity contribution is 0.278. The first kappa shape index (κ1) is 11.4. The molecule has 0 bridgehead atoms. The summed E-state index contributed by atoms with van der Waals surface area (Å²) in [4.78, 5) is 4.66. The predicted molar refractivity (Wildman–Crippen MR) is 57.0 cm³/mol. The molecule has 0 aliphatic carbocycles. The third-order valence-electron chi connectivity index (χ3n) is 2.61. The zero-order chi connectivity index (χ0) is 10.4. The van der Waals surface area contributed by atoms with E-state index in [9.17, 15) is 0 Å². The molecule has 1 N–H and O–H groups in total. The van der Waals surface area contributed by atoms with Crippen LogP contribution in [0.4, 0.5) is 0 Å². The Kier molecular flexibility index (Phi) is 4.88. The van der Waals surface area contributed by atoms with Crippen LogP contribution in [0.25, 0.3) is 0 Å². The highest BCUT2D eigenvalue weighted by molar-refractivity contribution is 4.84. The second kappa shape index (κ2) is 5.97. The molecule has 0 saturated carbocycles. The third kappa shape index (κ3) is 4.05. The maximum atomic E-state index is 8.44. The van der Waals surface area contributed by atoms with Crippen LogP contribution in [-0.4, -0.2) is 62.7 Å². The van der Waals surface area contributed by atoms with Crippen molar-refractivity contribution in [1.29, 1.82) is 5.26 Å². The molecule has 0 aromatic carbocycles. The second-order valence-corrected chi connectivity index (χ2v) is 4.13. The molecule has 14 heavy (non-hydrogen) atoms. The average Bonchev–Trinajstić information content (AvgIpc) is 2.59. The summed E-state index contributed by atoms with van der Waals surface area (Å²) in [6, 6.07) is 2.65. The van der Waals surface area contributed by atoms with Crippen LogP contribution in [0.2, 0.25) is 0 Å². The molecule has 1 atom stereocenters. The lowest BCUT2D eigenvalue weighted by Crippen LogP contribution is -2.35. The van der Waals surface area contributed by atoms with Crippen LogP contribution in [-0.2, 0) is 0 Å². The summed E-state index contributed by atoms with van der Waals surface area (Å²) in [5, 5.41) is 11.7. The Morgan fingerprint density at radius 2 is 2.36 bits per heavy atom. The van der Waals surface area contributed by atoms with Gasteiger partial charge in [-0.3, -0.25) is 0 Å². The van der Waals surface area contributed by atoms with Gasteiger partial charge in [0, 0.05) is 25.7 Å². The van der Waals surface area contributed by atoms with Gasteiger partial charge in [-0.2, -0.15) is 5.26 Å². The number of rotatable bonds is 5. The molecule has 0 aromatic rings. The van der Waals surface area contributed by atoms with Crippen molar-refractivity contribution in [2.24, 2.45) is 0 Å². The van der Waals surface area contributed by atoms with E-state index in [2.05, 4.69) is 35.3 Å². The van der Waals surface area contributed by atoms with Gasteiger partial charge in [-0.25, -0.2) is 0 Å². The Labute approximate surface area is 86.5 Å². The van der Waals surface area contributed by atoms with Crippen molar-refractivity contribution >= 4 is 0 Å². The summed E-state index contributed by atoms with van der Waals surface area (Å²) in [6.45, 7) is 4.99. The van der Waals surface area contributed by atoms with Gasteiger partial charge in [-0.05, 0) is 27.1 Å². The first-order chi connectivity index (χ1) is 6.72. The highest BCUT2D eigenvalue weighted by Gasteiger charge is 2.21. The van der Waals surface area contributed by atoms with E-state index in [0.717, 1.165) is 26.2 Å². The molecule has 0 amide bonds. The predicted octanol–water partition coefficient (Wildman–Crippen LogP) is -0.265. The first-order valence-electron chi connectivity index (χ1n) is 5.20. The Morgan fingerprint density at radius 3 is 3.00 bits per heavy atom. The maximum absolute atomic E-state index is 8.44. The summed E-state index contributed by atoms with van der Waals surface area (Å²) in [5.41, 5.74) is 0. The normalized spacial score (nSPS) is 22.9. The van der Waals surface area contributed by atoms with Crippen molar-refractivity contribution in [3.05, 3.63) is 0 Å². The van der Waals surface area contributed by atoms with Gasteiger partial charge < -0.3 is 15.1 Å². The number of hydrogen-bond donors (Lipinski definition) is 1. The lowest BCUT2D eigenvalue weighted by atomic mass is 10.3. The molecule has 1 aliphatic heterocycles. The first-order valence-corrected chi connectivity index (χ1v) is 5.20. The van der Waals surface area contributed by atoms with Crippen LogP contribution in [0.3, 0.4) is 0 Å². The van der Waals surface area contributed by atoms with E-state index in [1.807, 2.05) is 0 Å². The van der Waals surface area contributed by atoms with Crippen LogP contribution in [0, 0.1) is 11.3 Å². The van der Waals surface area contributed by atoms with Crippen molar-refractivity contribution < 1.29 is 0 Å². The van der Waals surface area contributed by atoms with Crippen molar-refractivity contribution in [3.8, 4) is 6.07 Å². The lowest BCUT2D eigenvalue weighted by Gasteiger charge is -2.18. The molecule has 4 nitrogen and oxygen atoms in total. The van der Waals surface area contributed by atoms with E-state index in [1.54, 1.807) is 0 Å². The van der Waals surface area contributed by atoms with E-state index in [-0.39, 0.29) is 0 Å². The van der Waals surface area contributed by atoms with Gasteiger partial charge in [0.15, 0.2) is 0 Å². The molecule has 1 unspecified atom stereocenters. The minimum Gasteiger partial charge on any atom is -0.308 e. The Hall–Kier alpha value is -0.630. The van der Waals surface area contributed by atoms with Crippen LogP contribution in [0.5, 0.6) is 0 Å². The van der Waals surface area contributed by atoms with E-state index >= 15 is 0 Å². The van der Waals surface area contributed by atoms with Gasteiger partial charge in [0.1, 0.15) is 0 Å². The highest BCUT2D eigenvalue weighted by atomic mass is 15.2. The molecule has 80 valence electrons. The summed E-state index contributed by atoms with van der Waals surface area (Å²) in [5.74, 6) is 0. The van der Waals surface area contributed by atoms with Crippen molar-refractivity contribution in [2.75, 3.05) is 46.8 Å². The highest BCUT2D eigenvalue weighted by Crippen LogP contribution is 2.07. The number of hydrogen-bond acceptors (Lipinski definition) is 4. The van der Waals surface area contributed by atoms with Crippen LogP contribution in [0.1, 0.15) is 6.42 Å². The Morgan fingerprint density at radius 1 is 1.57 bits per heavy atom. The van der Waals surface area contributed by atoms with Crippen LogP contribution < -0.4 is 5.32 Å². The number of likely N-dealkylation sites (tertiary alicyclic amines) is 1. The van der Waals surface area contributed by atoms with Crippen LogP contribution >= 0.6 is 0 Å². The summed E-state index contributed by atoms with van der Waals surface area (Å²) in [6.07, 6.45) is 1.18. The zero-order valence-electron chi connectivity index (χ0n) is 9.16. The molecule has 1 heterocycles. The monoisotopic (exact) mass is 196 g/mol. The summed E-state index contributed by atoms with van der Waals surface area (Å²) >= 11 is 0. The zero-order valence-corrected chi connectivity index (χ0v) is 9.16. The number of likely N-dealkylation sites (N-methyl/N-ethyl adjacent to an activating group) is 1. The van der Waals surface area contributed by atoms with Gasteiger partial charge in [-0.15, -0.1) is 0 Å². The molecule has 1 saturated heterocycles. The van der Waals surface area contributed by atoms with Gasteiger partial charge in [0.25, 0.3) is 0 Å². The fourth-order valence-corrected chi connectivity index (χ4v) is 1.73. The van der Waals surface area contributed by atoms with E-state index < -0.39 is 0 Å². The van der Waals surface area contributed by atoms with Crippen LogP contribution in [0.15, 0.2) is 0 Å². The second-order valence-electron chi connectivity index (χ2n) is 4.13. The fourth-order valence-electron chi connectivity index (χ4n) is 1.73. The average molecular weight is 196 g/mol. The topological polar surface area (TPSA) is 42.3 Å². The molecule has 0 spiro atoms. The number of nitrogens with one attached hydrogen (secondary N) is 1. The molecule has 1 rings (SSSR count). The van der Waals surface area contributed by atoms with E-state index in [0.29, 0.717) is 12.6 Å². The standard InChI is InChI=1S/C10H20N4/c1-13(2)7-8-14-6-3-10(9-14)12-5-4-11/h10,12H,3,5-9H2,1-2H3. The third-order valence-corrected chi connectivity index (χ3v) is 2.61. The molecular formula is C10H20N4. The molecule has 0 aromatic heterocycles. The molecule has 1 aliphatic rings. The summed E-state index contributed by atoms with van der Waals surface area (Å²) in [7, 11) is 4.20. The molecular weight excluding hydrogens is 176 g/mol. The van der Waals surface area contributed by atoms with E-state index in [4.69, 9.17) is 5.26 Å². The summed E-state index contributed by atoms with van der Waals surface area (Å²) < 4.78 is 0. The van der Waals surface area contributed by atoms with E-state index in [1.165, 1.54) is 6.42 Å². The Bertz CT molecular complexity index is 197.